The van der Waals surface area contributed by atoms with Crippen molar-refractivity contribution in [2.24, 2.45) is 0 Å². The Hall–Kier alpha value is -0.500. The number of rotatable bonds is 5. The van der Waals surface area contributed by atoms with Gasteiger partial charge in [-0.2, -0.15) is 5.10 Å². The highest BCUT2D eigenvalue weighted by molar-refractivity contribution is 6.20. The summed E-state index contributed by atoms with van der Waals surface area (Å²) in [5.41, 5.74) is 2.45. The van der Waals surface area contributed by atoms with Gasteiger partial charge in [0.1, 0.15) is 0 Å². The second-order valence-electron chi connectivity index (χ2n) is 3.77. The summed E-state index contributed by atoms with van der Waals surface area (Å²) in [6.45, 7) is 7.17. The molecule has 0 spiro atoms. The number of hydrogen-bond donors (Lipinski definition) is 0. The molecule has 3 heteroatoms. The van der Waals surface area contributed by atoms with Crippen LogP contribution in [-0.2, 0) is 13.0 Å². The Kier molecular flexibility index (Phi) is 4.46. The summed E-state index contributed by atoms with van der Waals surface area (Å²) >= 11 is 5.90. The van der Waals surface area contributed by atoms with Crippen LogP contribution in [0, 0.1) is 6.92 Å². The van der Waals surface area contributed by atoms with Gasteiger partial charge in [0, 0.05) is 17.6 Å². The molecule has 1 unspecified atom stereocenters. The normalized spacial score (nSPS) is 13.1. The zero-order chi connectivity index (χ0) is 10.6. The van der Waals surface area contributed by atoms with E-state index in [1.807, 2.05) is 13.8 Å². The Morgan fingerprint density at radius 3 is 2.86 bits per heavy atom. The van der Waals surface area contributed by atoms with Crippen LogP contribution in [0.4, 0.5) is 0 Å². The Labute approximate surface area is 91.3 Å². The van der Waals surface area contributed by atoms with Gasteiger partial charge in [-0.05, 0) is 46.1 Å². The molecule has 0 aliphatic heterocycles. The molecule has 0 aromatic carbocycles. The van der Waals surface area contributed by atoms with Crippen molar-refractivity contribution in [3.63, 3.8) is 0 Å². The minimum Gasteiger partial charge on any atom is -0.270 e. The molecule has 0 amide bonds. The number of halogens is 1. The van der Waals surface area contributed by atoms with E-state index >= 15 is 0 Å². The quantitative estimate of drug-likeness (QED) is 0.689. The predicted octanol–water partition coefficient (Wildman–Crippen LogP) is 3.16. The van der Waals surface area contributed by atoms with Gasteiger partial charge >= 0.3 is 0 Å². The molecule has 2 nitrogen and oxygen atoms in total. The SMILES string of the molecule is CCn1nc(C)cc1CCCC(C)Cl. The number of aryl methyl sites for hydroxylation is 3. The fourth-order valence-corrected chi connectivity index (χ4v) is 1.79. The molecule has 1 rings (SSSR count). The maximum absolute atomic E-state index is 5.90. The van der Waals surface area contributed by atoms with Gasteiger partial charge in [0.15, 0.2) is 0 Å². The van der Waals surface area contributed by atoms with Crippen LogP contribution >= 0.6 is 11.6 Å². The van der Waals surface area contributed by atoms with Gasteiger partial charge in [0.2, 0.25) is 0 Å². The summed E-state index contributed by atoms with van der Waals surface area (Å²) in [4.78, 5) is 0. The van der Waals surface area contributed by atoms with Gasteiger partial charge in [-0.25, -0.2) is 0 Å². The summed E-state index contributed by atoms with van der Waals surface area (Å²) in [5.74, 6) is 0. The van der Waals surface area contributed by atoms with E-state index in [2.05, 4.69) is 22.8 Å². The van der Waals surface area contributed by atoms with Crippen molar-refractivity contribution < 1.29 is 0 Å². The Balaban J connectivity index is 2.48. The Morgan fingerprint density at radius 2 is 2.29 bits per heavy atom. The van der Waals surface area contributed by atoms with E-state index in [1.54, 1.807) is 0 Å². The second kappa shape index (κ2) is 5.40. The van der Waals surface area contributed by atoms with Crippen LogP contribution in [0.1, 0.15) is 38.1 Å². The molecule has 0 bridgehead atoms. The summed E-state index contributed by atoms with van der Waals surface area (Å²) in [5, 5.41) is 4.70. The lowest BCUT2D eigenvalue weighted by atomic mass is 10.1. The lowest BCUT2D eigenvalue weighted by Gasteiger charge is -2.05. The van der Waals surface area contributed by atoms with Crippen molar-refractivity contribution in [3.05, 3.63) is 17.5 Å². The van der Waals surface area contributed by atoms with Crippen LogP contribution in [0.3, 0.4) is 0 Å². The summed E-state index contributed by atoms with van der Waals surface area (Å²) in [6, 6.07) is 2.17. The lowest BCUT2D eigenvalue weighted by molar-refractivity contribution is 0.597. The highest BCUT2D eigenvalue weighted by Gasteiger charge is 2.04. The average molecular weight is 215 g/mol. The van der Waals surface area contributed by atoms with E-state index in [4.69, 9.17) is 11.6 Å². The largest absolute Gasteiger partial charge is 0.270 e. The molecule has 0 aliphatic carbocycles. The van der Waals surface area contributed by atoms with Crippen molar-refractivity contribution >= 4 is 11.6 Å². The molecule has 1 aromatic heterocycles. The summed E-state index contributed by atoms with van der Waals surface area (Å²) in [7, 11) is 0. The highest BCUT2D eigenvalue weighted by atomic mass is 35.5. The smallest absolute Gasteiger partial charge is 0.0596 e. The first-order chi connectivity index (χ1) is 6.63. The third-order valence-electron chi connectivity index (χ3n) is 2.32. The first-order valence-electron chi connectivity index (χ1n) is 5.31. The van der Waals surface area contributed by atoms with Gasteiger partial charge in [-0.15, -0.1) is 11.6 Å². The maximum Gasteiger partial charge on any atom is 0.0596 e. The first-order valence-corrected chi connectivity index (χ1v) is 5.74. The molecular weight excluding hydrogens is 196 g/mol. The molecule has 80 valence electrons. The molecule has 0 radical (unpaired) electrons. The minimum atomic E-state index is 0.286. The van der Waals surface area contributed by atoms with Gasteiger partial charge in [-0.3, -0.25) is 4.68 Å². The second-order valence-corrected chi connectivity index (χ2v) is 4.51. The molecule has 1 heterocycles. The van der Waals surface area contributed by atoms with Crippen molar-refractivity contribution in [3.8, 4) is 0 Å². The lowest BCUT2D eigenvalue weighted by Crippen LogP contribution is -2.03. The average Bonchev–Trinajstić information content (AvgIpc) is 2.45. The third-order valence-corrected chi connectivity index (χ3v) is 2.54. The standard InChI is InChI=1S/C11H19ClN2/c1-4-14-11(8-10(3)13-14)7-5-6-9(2)12/h8-9H,4-7H2,1-3H3. The van der Waals surface area contributed by atoms with Gasteiger partial charge < -0.3 is 0 Å². The molecule has 0 N–H and O–H groups in total. The fraction of sp³-hybridized carbons (Fsp3) is 0.727. The molecule has 0 saturated heterocycles. The summed E-state index contributed by atoms with van der Waals surface area (Å²) < 4.78 is 2.08. The Morgan fingerprint density at radius 1 is 1.57 bits per heavy atom. The van der Waals surface area contributed by atoms with Crippen LogP contribution in [0.15, 0.2) is 6.07 Å². The molecule has 14 heavy (non-hydrogen) atoms. The van der Waals surface area contributed by atoms with Crippen molar-refractivity contribution in [1.29, 1.82) is 0 Å². The predicted molar refractivity (Wildman–Crippen MR) is 60.9 cm³/mol. The van der Waals surface area contributed by atoms with Gasteiger partial charge in [0.25, 0.3) is 0 Å². The highest BCUT2D eigenvalue weighted by Crippen LogP contribution is 2.11. The molecule has 0 saturated carbocycles. The minimum absolute atomic E-state index is 0.286. The maximum atomic E-state index is 5.90. The van der Waals surface area contributed by atoms with Crippen LogP contribution in [0.2, 0.25) is 0 Å². The molecule has 1 aromatic rings. The zero-order valence-electron chi connectivity index (χ0n) is 9.26. The van der Waals surface area contributed by atoms with Crippen molar-refractivity contribution in [2.75, 3.05) is 0 Å². The van der Waals surface area contributed by atoms with E-state index in [9.17, 15) is 0 Å². The van der Waals surface area contributed by atoms with Gasteiger partial charge in [-0.1, -0.05) is 0 Å². The molecule has 0 fully saturated rings. The number of nitrogens with zero attached hydrogens (tertiary/aromatic N) is 2. The third kappa shape index (κ3) is 3.33. The fourth-order valence-electron chi connectivity index (χ4n) is 1.64. The number of hydrogen-bond acceptors (Lipinski definition) is 1. The Bertz CT molecular complexity index is 279. The van der Waals surface area contributed by atoms with E-state index < -0.39 is 0 Å². The zero-order valence-corrected chi connectivity index (χ0v) is 10.0. The van der Waals surface area contributed by atoms with Gasteiger partial charge in [0.05, 0.1) is 5.69 Å². The first kappa shape index (κ1) is 11.6. The van der Waals surface area contributed by atoms with E-state index in [-0.39, 0.29) is 5.38 Å². The van der Waals surface area contributed by atoms with Crippen LogP contribution < -0.4 is 0 Å². The number of alkyl halides is 1. The summed E-state index contributed by atoms with van der Waals surface area (Å²) in [6.07, 6.45) is 3.32. The number of aromatic nitrogens is 2. The van der Waals surface area contributed by atoms with Crippen LogP contribution in [0.25, 0.3) is 0 Å². The van der Waals surface area contributed by atoms with Crippen LogP contribution in [-0.4, -0.2) is 15.2 Å². The molecule has 0 aliphatic rings. The van der Waals surface area contributed by atoms with Crippen molar-refractivity contribution in [2.45, 2.75) is 52.0 Å². The van der Waals surface area contributed by atoms with Crippen molar-refractivity contribution in [1.82, 2.24) is 9.78 Å². The van der Waals surface area contributed by atoms with E-state index in [0.29, 0.717) is 0 Å². The van der Waals surface area contributed by atoms with E-state index in [0.717, 1.165) is 31.5 Å². The topological polar surface area (TPSA) is 17.8 Å². The monoisotopic (exact) mass is 214 g/mol. The molecular formula is C11H19ClN2. The van der Waals surface area contributed by atoms with Crippen LogP contribution in [0.5, 0.6) is 0 Å². The van der Waals surface area contributed by atoms with E-state index in [1.165, 1.54) is 5.69 Å². The molecule has 1 atom stereocenters.